The fourth-order valence-electron chi connectivity index (χ4n) is 5.13. The van der Waals surface area contributed by atoms with Crippen molar-refractivity contribution in [3.63, 3.8) is 0 Å². The number of anilines is 3. The monoisotopic (exact) mass is 688 g/mol. The Labute approximate surface area is 280 Å². The zero-order chi connectivity index (χ0) is 34.3. The van der Waals surface area contributed by atoms with Crippen LogP contribution in [0.15, 0.2) is 48.5 Å². The number of nitrogens with zero attached hydrogens (tertiary/aromatic N) is 4. The summed E-state index contributed by atoms with van der Waals surface area (Å²) in [4.78, 5) is 51.3. The van der Waals surface area contributed by atoms with E-state index in [2.05, 4.69) is 36.2 Å². The lowest BCUT2D eigenvalue weighted by atomic mass is 10.1. The number of alkyl halides is 3. The van der Waals surface area contributed by atoms with E-state index in [4.69, 9.17) is 16.3 Å². The molecule has 256 valence electrons. The van der Waals surface area contributed by atoms with Crippen LogP contribution in [0.4, 0.5) is 30.8 Å². The summed E-state index contributed by atoms with van der Waals surface area (Å²) in [6, 6.07) is 13.0. The van der Waals surface area contributed by atoms with Gasteiger partial charge in [-0.2, -0.15) is 28.1 Å². The molecule has 16 heteroatoms. The number of hydrogen-bond acceptors (Lipinski definition) is 9. The highest BCUT2D eigenvalue weighted by Gasteiger charge is 2.45. The number of benzene rings is 2. The van der Waals surface area contributed by atoms with Gasteiger partial charge in [0.15, 0.2) is 6.61 Å². The second-order valence-electron chi connectivity index (χ2n) is 12.0. The van der Waals surface area contributed by atoms with Crippen molar-refractivity contribution in [3.05, 3.63) is 64.7 Å². The van der Waals surface area contributed by atoms with Crippen molar-refractivity contribution in [2.45, 2.75) is 50.7 Å². The highest BCUT2D eigenvalue weighted by Crippen LogP contribution is 2.48. The third kappa shape index (κ3) is 9.69. The average molecular weight is 689 g/mol. The summed E-state index contributed by atoms with van der Waals surface area (Å²) < 4.78 is 43.5. The van der Waals surface area contributed by atoms with Crippen molar-refractivity contribution in [1.29, 1.82) is 0 Å². The average Bonchev–Trinajstić information content (AvgIpc) is 3.85. The van der Waals surface area contributed by atoms with E-state index < -0.39 is 36.1 Å². The predicted molar refractivity (Wildman–Crippen MR) is 172 cm³/mol. The number of hydrogen-bond donors (Lipinski definition) is 4. The second-order valence-corrected chi connectivity index (χ2v) is 12.4. The number of carbonyl (C=O) groups excluding carboxylic acids is 3. The molecule has 4 N–H and O–H groups in total. The predicted octanol–water partition coefficient (Wildman–Crippen LogP) is 4.81. The Balaban J connectivity index is 1.17. The van der Waals surface area contributed by atoms with E-state index in [9.17, 15) is 27.6 Å². The van der Waals surface area contributed by atoms with Gasteiger partial charge in [-0.15, -0.1) is 0 Å². The normalized spacial score (nSPS) is 16.0. The molecular formula is C32H36ClF3N8O4. The molecule has 1 aromatic heterocycles. The molecule has 2 fully saturated rings. The van der Waals surface area contributed by atoms with Gasteiger partial charge in [0, 0.05) is 42.5 Å². The lowest BCUT2D eigenvalue weighted by Gasteiger charge is -2.26. The second kappa shape index (κ2) is 15.0. The van der Waals surface area contributed by atoms with Gasteiger partial charge in [0.1, 0.15) is 0 Å². The van der Waals surface area contributed by atoms with E-state index in [0.29, 0.717) is 29.4 Å². The minimum absolute atomic E-state index is 0.0225. The van der Waals surface area contributed by atoms with Gasteiger partial charge in [0.2, 0.25) is 11.9 Å². The molecule has 0 radical (unpaired) electrons. The van der Waals surface area contributed by atoms with E-state index in [0.717, 1.165) is 37.7 Å². The topological polar surface area (TPSA) is 150 Å². The molecule has 1 saturated carbocycles. The number of likely N-dealkylation sites (tertiary alicyclic amines) is 1. The van der Waals surface area contributed by atoms with Crippen molar-refractivity contribution in [3.8, 4) is 6.01 Å². The van der Waals surface area contributed by atoms with Crippen molar-refractivity contribution in [1.82, 2.24) is 30.5 Å². The number of piperidine rings is 1. The number of amides is 3. The third-order valence-electron chi connectivity index (χ3n) is 7.94. The van der Waals surface area contributed by atoms with E-state index >= 15 is 0 Å². The first kappa shape index (κ1) is 34.7. The van der Waals surface area contributed by atoms with Crippen LogP contribution in [-0.4, -0.2) is 76.5 Å². The Bertz CT molecular complexity index is 1600. The van der Waals surface area contributed by atoms with Crippen LogP contribution in [0, 0.1) is 5.92 Å². The van der Waals surface area contributed by atoms with Gasteiger partial charge in [0.05, 0.1) is 5.54 Å². The summed E-state index contributed by atoms with van der Waals surface area (Å²) >= 11 is 6.02. The van der Waals surface area contributed by atoms with Crippen LogP contribution in [0.2, 0.25) is 5.02 Å². The maximum absolute atomic E-state index is 12.9. The first-order valence-electron chi connectivity index (χ1n) is 15.6. The molecule has 3 aromatic rings. The van der Waals surface area contributed by atoms with E-state index in [1.165, 1.54) is 0 Å². The van der Waals surface area contributed by atoms with Crippen molar-refractivity contribution >= 4 is 46.9 Å². The quantitative estimate of drug-likeness (QED) is 0.197. The van der Waals surface area contributed by atoms with Gasteiger partial charge in [-0.1, -0.05) is 30.7 Å². The first-order valence-corrected chi connectivity index (χ1v) is 16.0. The van der Waals surface area contributed by atoms with Crippen LogP contribution < -0.4 is 26.0 Å². The third-order valence-corrected chi connectivity index (χ3v) is 8.19. The Kier molecular flexibility index (Phi) is 10.9. The maximum Gasteiger partial charge on any atom is 0.422 e. The molecule has 1 atom stereocenters. The number of carbonyl (C=O) groups is 3. The van der Waals surface area contributed by atoms with Crippen LogP contribution in [-0.2, 0) is 15.1 Å². The molecule has 1 saturated heterocycles. The zero-order valence-corrected chi connectivity index (χ0v) is 27.0. The van der Waals surface area contributed by atoms with Gasteiger partial charge in [-0.05, 0) is 80.0 Å². The Hall–Kier alpha value is -4.66. The molecule has 2 heterocycles. The molecule has 2 aromatic carbocycles. The maximum atomic E-state index is 12.9. The summed E-state index contributed by atoms with van der Waals surface area (Å²) in [6.45, 7) is 1.91. The van der Waals surface area contributed by atoms with Gasteiger partial charge in [-0.25, -0.2) is 0 Å². The molecule has 12 nitrogen and oxygen atoms in total. The Morgan fingerprint density at radius 2 is 1.56 bits per heavy atom. The Morgan fingerprint density at radius 3 is 2.21 bits per heavy atom. The molecule has 3 amide bonds. The number of ether oxygens (including phenoxy) is 1. The largest absolute Gasteiger partial charge is 0.454 e. The number of nitrogens with one attached hydrogen (secondary N) is 4. The van der Waals surface area contributed by atoms with Crippen LogP contribution in [0.1, 0.15) is 54.9 Å². The highest BCUT2D eigenvalue weighted by atomic mass is 35.5. The fraction of sp³-hybridized carbons (Fsp3) is 0.438. The lowest BCUT2D eigenvalue weighted by molar-refractivity contribution is -0.154. The molecule has 1 aliphatic carbocycles. The molecule has 2 aliphatic rings. The molecule has 5 rings (SSSR count). The van der Waals surface area contributed by atoms with Crippen molar-refractivity contribution < 1.29 is 32.3 Å². The highest BCUT2D eigenvalue weighted by molar-refractivity contribution is 6.35. The van der Waals surface area contributed by atoms with Gasteiger partial charge < -0.3 is 30.9 Å². The van der Waals surface area contributed by atoms with Gasteiger partial charge in [0.25, 0.3) is 5.91 Å². The van der Waals surface area contributed by atoms with Crippen LogP contribution >= 0.6 is 11.6 Å². The SMILES string of the molecule is CC(CNC(=O)C(=O)N1CCCCC1)CNC(=O)c1ccc(Nc2nc(NC3(c4ccc(Cl)cc4)CC3)nc(OCC(F)(F)F)n2)cc1. The fourth-order valence-corrected chi connectivity index (χ4v) is 5.26. The number of halogens is 4. The van der Waals surface area contributed by atoms with Crippen LogP contribution in [0.5, 0.6) is 6.01 Å². The standard InChI is InChI=1S/C32H36ClF3N8O4/c1-20(18-38-26(46)27(47)44-15-3-2-4-16-44)17-37-25(45)21-5-11-24(12-6-21)39-28-40-29(42-30(41-28)48-19-32(34,35)36)43-31(13-14-31)22-7-9-23(33)10-8-22/h5-12,20H,2-4,13-19H2,1H3,(H,37,45)(H,38,46)(H2,39,40,41,42,43). The van der Waals surface area contributed by atoms with E-state index in [1.54, 1.807) is 41.3 Å². The van der Waals surface area contributed by atoms with Crippen LogP contribution in [0.3, 0.4) is 0 Å². The van der Waals surface area contributed by atoms with Gasteiger partial charge >= 0.3 is 24.0 Å². The van der Waals surface area contributed by atoms with Crippen molar-refractivity contribution in [2.75, 3.05) is 43.4 Å². The lowest BCUT2D eigenvalue weighted by Crippen LogP contribution is -2.46. The minimum Gasteiger partial charge on any atom is -0.454 e. The summed E-state index contributed by atoms with van der Waals surface area (Å²) in [5.74, 6) is -1.71. The van der Waals surface area contributed by atoms with Gasteiger partial charge in [-0.3, -0.25) is 14.4 Å². The molecule has 0 bridgehead atoms. The zero-order valence-electron chi connectivity index (χ0n) is 26.2. The van der Waals surface area contributed by atoms with E-state index in [1.807, 2.05) is 19.1 Å². The van der Waals surface area contributed by atoms with E-state index in [-0.39, 0.29) is 36.8 Å². The Morgan fingerprint density at radius 1 is 0.917 bits per heavy atom. The molecule has 0 spiro atoms. The minimum atomic E-state index is -4.59. The van der Waals surface area contributed by atoms with Crippen molar-refractivity contribution in [2.24, 2.45) is 5.92 Å². The molecule has 1 unspecified atom stereocenters. The molecule has 1 aliphatic heterocycles. The summed E-state index contributed by atoms with van der Waals surface area (Å²) in [7, 11) is 0. The summed E-state index contributed by atoms with van der Waals surface area (Å²) in [5.41, 5.74) is 1.23. The summed E-state index contributed by atoms with van der Waals surface area (Å²) in [6.07, 6.45) is -0.266. The number of rotatable bonds is 12. The smallest absolute Gasteiger partial charge is 0.422 e. The molecule has 48 heavy (non-hydrogen) atoms. The molecular weight excluding hydrogens is 653 g/mol. The van der Waals surface area contributed by atoms with Crippen LogP contribution in [0.25, 0.3) is 0 Å². The number of aromatic nitrogens is 3. The summed E-state index contributed by atoms with van der Waals surface area (Å²) in [5, 5.41) is 12.2. The first-order chi connectivity index (χ1) is 22.9.